The smallest absolute Gasteiger partial charge is 0.333 e. The lowest BCUT2D eigenvalue weighted by atomic mass is 10.0. The molecule has 41 heavy (non-hydrogen) atoms. The maximum atomic E-state index is 13.8. The van der Waals surface area contributed by atoms with Crippen LogP contribution >= 0.6 is 0 Å². The Bertz CT molecular complexity index is 1640. The van der Waals surface area contributed by atoms with Crippen molar-refractivity contribution in [2.45, 2.75) is 45.1 Å². The van der Waals surface area contributed by atoms with E-state index in [4.69, 9.17) is 12.0 Å². The molecule has 0 bridgehead atoms. The second-order valence-corrected chi connectivity index (χ2v) is 7.80. The van der Waals surface area contributed by atoms with Gasteiger partial charge in [0, 0.05) is 30.5 Å². The number of carbonyl (C=O) groups excluding carboxylic acids is 1. The van der Waals surface area contributed by atoms with E-state index in [-0.39, 0.29) is 37.4 Å². The normalized spacial score (nSPS) is 11.8. The fraction of sp³-hybridized carbons (Fsp3) is 0.296. The number of benzene rings is 1. The van der Waals surface area contributed by atoms with Gasteiger partial charge in [0.15, 0.2) is 17.5 Å². The van der Waals surface area contributed by atoms with Crippen LogP contribution in [0.2, 0.25) is 0 Å². The van der Waals surface area contributed by atoms with Gasteiger partial charge in [-0.2, -0.15) is 13.2 Å². The van der Waals surface area contributed by atoms with Crippen LogP contribution in [0, 0.1) is 77.2 Å². The zero-order valence-corrected chi connectivity index (χ0v) is 21.2. The number of aromatic nitrogens is 3. The number of hydrogen-bond donors (Lipinski definition) is 0. The van der Waals surface area contributed by atoms with E-state index in [9.17, 15) is 31.1 Å². The van der Waals surface area contributed by atoms with Crippen LogP contribution in [-0.4, -0.2) is 38.2 Å². The highest BCUT2D eigenvalue weighted by Crippen LogP contribution is 2.29. The number of fused-ring (bicyclic) bond motifs is 1. The van der Waals surface area contributed by atoms with Crippen molar-refractivity contribution < 1.29 is 31.1 Å². The number of alkyl halides is 3. The van der Waals surface area contributed by atoms with Crippen LogP contribution in [0.3, 0.4) is 0 Å². The predicted molar refractivity (Wildman–Crippen MR) is 134 cm³/mol. The van der Waals surface area contributed by atoms with Crippen molar-refractivity contribution in [1.29, 1.82) is 0 Å². The Hall–Kier alpha value is -5.48. The van der Waals surface area contributed by atoms with Crippen LogP contribution in [-0.2, 0) is 30.5 Å². The second kappa shape index (κ2) is 15.2. The van der Waals surface area contributed by atoms with E-state index in [1.807, 2.05) is 0 Å². The monoisotopic (exact) mass is 569 g/mol. The third-order valence-corrected chi connectivity index (χ3v) is 5.10. The standard InChI is InChI=1S/C16H13F6N7O.C11H4/c17-10-6-12(19)11(18)4-8(10)3-9(24-27-23)5-14(30)28-1-2-29-13(7-28)25-26-15(29)16(20,21)22;1-3-5-7-9-11-10-8-6-4-2/h4,6,9H,1-3,5,7H2;1H,2H3/t9-;/m1./s1. The highest BCUT2D eigenvalue weighted by molar-refractivity contribution is 5.77. The third-order valence-electron chi connectivity index (χ3n) is 5.10. The summed E-state index contributed by atoms with van der Waals surface area (Å²) in [7, 11) is 0. The quantitative estimate of drug-likeness (QED) is 0.136. The van der Waals surface area contributed by atoms with Gasteiger partial charge in [-0.25, -0.2) is 13.2 Å². The van der Waals surface area contributed by atoms with Gasteiger partial charge in [-0.15, -0.1) is 16.6 Å². The molecular weight excluding hydrogens is 552 g/mol. The molecule has 14 heteroatoms. The average Bonchev–Trinajstić information content (AvgIpc) is 3.36. The Balaban J connectivity index is 0.000000454. The molecule has 2 aromatic rings. The van der Waals surface area contributed by atoms with E-state index in [2.05, 4.69) is 73.5 Å². The van der Waals surface area contributed by atoms with Gasteiger partial charge in [-0.05, 0) is 77.9 Å². The molecule has 0 radical (unpaired) electrons. The summed E-state index contributed by atoms with van der Waals surface area (Å²) >= 11 is 0. The van der Waals surface area contributed by atoms with Crippen LogP contribution in [0.5, 0.6) is 0 Å². The lowest BCUT2D eigenvalue weighted by molar-refractivity contribution is -0.148. The molecule has 0 saturated carbocycles. The number of hydrogen-bond acceptors (Lipinski definition) is 4. The minimum absolute atomic E-state index is 0.0612. The van der Waals surface area contributed by atoms with Crippen LogP contribution in [0.1, 0.15) is 30.6 Å². The summed E-state index contributed by atoms with van der Waals surface area (Å²) < 4.78 is 79.8. The Morgan fingerprint density at radius 2 is 1.68 bits per heavy atom. The number of carbonyl (C=O) groups is 1. The summed E-state index contributed by atoms with van der Waals surface area (Å²) in [6.45, 7) is 1.20. The maximum absolute atomic E-state index is 13.8. The first-order chi connectivity index (χ1) is 19.5. The van der Waals surface area contributed by atoms with Gasteiger partial charge in [-0.3, -0.25) is 4.79 Å². The third kappa shape index (κ3) is 9.65. The molecule has 1 amide bonds. The van der Waals surface area contributed by atoms with Crippen molar-refractivity contribution >= 4 is 5.91 Å². The van der Waals surface area contributed by atoms with E-state index in [1.54, 1.807) is 6.92 Å². The molecule has 0 fully saturated rings. The first-order valence-electron chi connectivity index (χ1n) is 11.3. The van der Waals surface area contributed by atoms with E-state index in [1.165, 1.54) is 4.90 Å². The van der Waals surface area contributed by atoms with Crippen LogP contribution in [0.25, 0.3) is 10.4 Å². The highest BCUT2D eigenvalue weighted by atomic mass is 19.4. The molecule has 2 heterocycles. The molecule has 0 saturated heterocycles. The second-order valence-electron chi connectivity index (χ2n) is 7.80. The van der Waals surface area contributed by atoms with Crippen molar-refractivity contribution in [3.8, 4) is 59.7 Å². The molecule has 3 rings (SSSR count). The van der Waals surface area contributed by atoms with Gasteiger partial charge >= 0.3 is 6.18 Å². The van der Waals surface area contributed by atoms with Crippen LogP contribution in [0.4, 0.5) is 26.3 Å². The summed E-state index contributed by atoms with van der Waals surface area (Å²) in [6.07, 6.45) is -0.629. The maximum Gasteiger partial charge on any atom is 0.451 e. The minimum Gasteiger partial charge on any atom is -0.333 e. The summed E-state index contributed by atoms with van der Waals surface area (Å²) in [5.74, 6) is 16.4. The molecule has 0 unspecified atom stereocenters. The first kappa shape index (κ1) is 31.7. The summed E-state index contributed by atoms with van der Waals surface area (Å²) in [5.41, 5.74) is 8.41. The fourth-order valence-corrected chi connectivity index (χ4v) is 3.37. The number of halogens is 6. The Morgan fingerprint density at radius 3 is 2.29 bits per heavy atom. The van der Waals surface area contributed by atoms with Crippen LogP contribution < -0.4 is 0 Å². The van der Waals surface area contributed by atoms with Gasteiger partial charge in [-0.1, -0.05) is 11.0 Å². The summed E-state index contributed by atoms with van der Waals surface area (Å²) in [4.78, 5) is 16.3. The first-order valence-corrected chi connectivity index (χ1v) is 11.3. The van der Waals surface area contributed by atoms with E-state index in [0.29, 0.717) is 12.1 Å². The van der Waals surface area contributed by atoms with Crippen molar-refractivity contribution in [1.82, 2.24) is 19.7 Å². The van der Waals surface area contributed by atoms with Crippen LogP contribution in [0.15, 0.2) is 17.2 Å². The molecule has 1 atom stereocenters. The van der Waals surface area contributed by atoms with Gasteiger partial charge < -0.3 is 9.47 Å². The summed E-state index contributed by atoms with van der Waals surface area (Å²) in [5, 5.41) is 9.97. The Morgan fingerprint density at radius 1 is 1.05 bits per heavy atom. The van der Waals surface area contributed by atoms with Gasteiger partial charge in [0.2, 0.25) is 11.7 Å². The molecule has 1 aliphatic heterocycles. The minimum atomic E-state index is -4.68. The van der Waals surface area contributed by atoms with Crippen molar-refractivity contribution in [2.24, 2.45) is 5.11 Å². The van der Waals surface area contributed by atoms with Crippen molar-refractivity contribution in [3.63, 3.8) is 0 Å². The average molecular weight is 569 g/mol. The molecule has 8 nitrogen and oxygen atoms in total. The van der Waals surface area contributed by atoms with E-state index >= 15 is 0 Å². The largest absolute Gasteiger partial charge is 0.451 e. The summed E-state index contributed by atoms with van der Waals surface area (Å²) in [6, 6.07) is -0.167. The zero-order valence-electron chi connectivity index (χ0n) is 21.2. The lowest BCUT2D eigenvalue weighted by Crippen LogP contribution is -2.40. The van der Waals surface area contributed by atoms with Gasteiger partial charge in [0.1, 0.15) is 5.82 Å². The lowest BCUT2D eigenvalue weighted by Gasteiger charge is -2.29. The molecular formula is C27H17F6N7O. The molecule has 1 aromatic carbocycles. The number of terminal acetylenes is 1. The molecule has 0 aliphatic carbocycles. The fourth-order valence-electron chi connectivity index (χ4n) is 3.37. The van der Waals surface area contributed by atoms with Crippen molar-refractivity contribution in [3.05, 3.63) is 57.2 Å². The number of azide groups is 1. The Kier molecular flexibility index (Phi) is 11.8. The topological polar surface area (TPSA) is 99.8 Å². The molecule has 1 aliphatic rings. The number of nitrogens with zero attached hydrogens (tertiary/aromatic N) is 7. The molecule has 208 valence electrons. The SMILES string of the molecule is C#CC#CC#CC#CC#CC.[N-]=[N+]=N[C@@H](CC(=O)N1CCn2c(nnc2C(F)(F)F)C1)Cc1cc(F)c(F)cc1F. The van der Waals surface area contributed by atoms with E-state index in [0.717, 1.165) is 4.57 Å². The zero-order chi connectivity index (χ0) is 30.4. The molecule has 1 aromatic heterocycles. The van der Waals surface area contributed by atoms with Gasteiger partial charge in [0.05, 0.1) is 12.6 Å². The molecule has 0 spiro atoms. The van der Waals surface area contributed by atoms with Crippen molar-refractivity contribution in [2.75, 3.05) is 6.54 Å². The molecule has 0 N–H and O–H groups in total. The Labute approximate surface area is 230 Å². The number of rotatable bonds is 5. The predicted octanol–water partition coefficient (Wildman–Crippen LogP) is 4.02. The highest BCUT2D eigenvalue weighted by Gasteiger charge is 2.40. The van der Waals surface area contributed by atoms with E-state index < -0.39 is 47.8 Å². The van der Waals surface area contributed by atoms with Gasteiger partial charge in [0.25, 0.3) is 0 Å². The number of amides is 1.